The fraction of sp³-hybridized carbons (Fsp3) is 0. The molecule has 18 heavy (non-hydrogen) atoms. The van der Waals surface area contributed by atoms with Crippen LogP contribution in [0.1, 0.15) is 4.88 Å². The van der Waals surface area contributed by atoms with Crippen LogP contribution < -0.4 is 0 Å². The van der Waals surface area contributed by atoms with Crippen molar-refractivity contribution in [2.75, 3.05) is 0 Å². The second-order valence-corrected chi connectivity index (χ2v) is 4.43. The van der Waals surface area contributed by atoms with Gasteiger partial charge in [0, 0.05) is 4.70 Å². The van der Waals surface area contributed by atoms with Crippen LogP contribution in [0.5, 0.6) is 0 Å². The topological polar surface area (TPSA) is 0 Å². The summed E-state index contributed by atoms with van der Waals surface area (Å²) < 4.78 is 63.4. The first-order chi connectivity index (χ1) is 8.50. The van der Waals surface area contributed by atoms with Gasteiger partial charge in [0.1, 0.15) is 0 Å². The van der Waals surface area contributed by atoms with E-state index < -0.39 is 23.6 Å². The van der Waals surface area contributed by atoms with Gasteiger partial charge >= 0.3 is 6.08 Å². The maximum Gasteiger partial charge on any atom is 0.308 e. The summed E-state index contributed by atoms with van der Waals surface area (Å²) in [7, 11) is 0. The van der Waals surface area contributed by atoms with Gasteiger partial charge in [-0.05, 0) is 17.5 Å². The molecule has 0 N–H and O–H groups in total. The van der Waals surface area contributed by atoms with Crippen LogP contribution in [0.4, 0.5) is 22.0 Å². The third-order valence-corrected chi connectivity index (χ3v) is 3.30. The molecule has 0 saturated heterocycles. The monoisotopic (exact) mass is 276 g/mol. The molecule has 0 amide bonds. The van der Waals surface area contributed by atoms with E-state index in [1.54, 1.807) is 24.3 Å². The van der Waals surface area contributed by atoms with Gasteiger partial charge in [-0.15, -0.1) is 11.3 Å². The molecular formula is C12H5F5S. The maximum atomic E-state index is 13.5. The molecule has 94 valence electrons. The molecule has 0 atom stereocenters. The molecule has 0 spiro atoms. The molecule has 0 nitrogen and oxygen atoms in total. The van der Waals surface area contributed by atoms with Gasteiger partial charge in [-0.3, -0.25) is 0 Å². The lowest BCUT2D eigenvalue weighted by molar-refractivity contribution is 0.370. The molecule has 1 aromatic heterocycles. The highest BCUT2D eigenvalue weighted by Crippen LogP contribution is 2.35. The largest absolute Gasteiger partial charge is 0.308 e. The minimum atomic E-state index is -2.89. The van der Waals surface area contributed by atoms with Crippen LogP contribution in [0.3, 0.4) is 0 Å². The molecule has 0 radical (unpaired) electrons. The number of halogens is 5. The van der Waals surface area contributed by atoms with Crippen LogP contribution in [-0.2, 0) is 0 Å². The fourth-order valence-electron chi connectivity index (χ4n) is 1.38. The Morgan fingerprint density at radius 3 is 2.17 bits per heavy atom. The highest BCUT2D eigenvalue weighted by Gasteiger charge is 2.20. The Kier molecular flexibility index (Phi) is 3.47. The van der Waals surface area contributed by atoms with E-state index in [0.717, 1.165) is 11.3 Å². The van der Waals surface area contributed by atoms with Crippen molar-refractivity contribution in [3.8, 4) is 0 Å². The van der Waals surface area contributed by atoms with E-state index >= 15 is 0 Å². The van der Waals surface area contributed by atoms with E-state index in [4.69, 9.17) is 0 Å². The van der Waals surface area contributed by atoms with Crippen molar-refractivity contribution in [2.24, 2.45) is 0 Å². The summed E-state index contributed by atoms with van der Waals surface area (Å²) in [4.78, 5) is -0.231. The van der Waals surface area contributed by atoms with Crippen molar-refractivity contribution in [1.29, 1.82) is 0 Å². The van der Waals surface area contributed by atoms with Crippen LogP contribution in [0, 0.1) is 0 Å². The van der Waals surface area contributed by atoms with E-state index in [2.05, 4.69) is 0 Å². The number of fused-ring (bicyclic) bond motifs is 1. The van der Waals surface area contributed by atoms with Crippen molar-refractivity contribution in [3.63, 3.8) is 0 Å². The van der Waals surface area contributed by atoms with Gasteiger partial charge < -0.3 is 0 Å². The van der Waals surface area contributed by atoms with Crippen molar-refractivity contribution in [3.05, 3.63) is 52.9 Å². The van der Waals surface area contributed by atoms with E-state index in [-0.39, 0.29) is 4.88 Å². The predicted molar refractivity (Wildman–Crippen MR) is 61.3 cm³/mol. The van der Waals surface area contributed by atoms with Gasteiger partial charge in [-0.25, -0.2) is 8.78 Å². The van der Waals surface area contributed by atoms with Crippen molar-refractivity contribution in [1.82, 2.24) is 0 Å². The van der Waals surface area contributed by atoms with Crippen LogP contribution in [0.25, 0.3) is 15.9 Å². The number of benzene rings is 1. The molecular weight excluding hydrogens is 271 g/mol. The normalized spacial score (nSPS) is 12.5. The molecule has 0 aliphatic carbocycles. The average molecular weight is 276 g/mol. The zero-order valence-corrected chi connectivity index (χ0v) is 9.50. The molecule has 1 aromatic carbocycles. The van der Waals surface area contributed by atoms with Crippen molar-refractivity contribution < 1.29 is 22.0 Å². The minimum Gasteiger partial charge on any atom is -0.202 e. The second kappa shape index (κ2) is 4.89. The van der Waals surface area contributed by atoms with Gasteiger partial charge in [0.05, 0.1) is 4.88 Å². The van der Waals surface area contributed by atoms with Crippen LogP contribution in [0.15, 0.2) is 48.1 Å². The molecule has 6 heteroatoms. The first-order valence-corrected chi connectivity index (χ1v) is 5.57. The van der Waals surface area contributed by atoms with Gasteiger partial charge in [0.2, 0.25) is 11.7 Å². The number of allylic oxidation sites excluding steroid dienone is 2. The van der Waals surface area contributed by atoms with Crippen LogP contribution in [0.2, 0.25) is 0 Å². The van der Waals surface area contributed by atoms with Gasteiger partial charge in [-0.1, -0.05) is 18.2 Å². The Morgan fingerprint density at radius 1 is 0.889 bits per heavy atom. The fourth-order valence-corrected chi connectivity index (χ4v) is 2.37. The van der Waals surface area contributed by atoms with E-state index in [0.29, 0.717) is 10.1 Å². The predicted octanol–water partition coefficient (Wildman–Crippen LogP) is 5.59. The van der Waals surface area contributed by atoms with Gasteiger partial charge in [-0.2, -0.15) is 13.2 Å². The molecule has 0 fully saturated rings. The summed E-state index contributed by atoms with van der Waals surface area (Å²) in [5.41, 5.74) is 0. The van der Waals surface area contributed by atoms with E-state index in [1.807, 2.05) is 0 Å². The summed E-state index contributed by atoms with van der Waals surface area (Å²) in [6.45, 7) is 0. The molecule has 0 bridgehead atoms. The number of hydrogen-bond donors (Lipinski definition) is 0. The summed E-state index contributed by atoms with van der Waals surface area (Å²) in [6, 6.07) is 7.98. The standard InChI is InChI=1S/C12H5F5S/c13-9(10(14)11(15)12(16)17)8-5-6-3-1-2-4-7(6)18-8/h1-5H/b10-9+. The van der Waals surface area contributed by atoms with E-state index in [9.17, 15) is 22.0 Å². The third-order valence-electron chi connectivity index (χ3n) is 2.19. The zero-order chi connectivity index (χ0) is 13.3. The lowest BCUT2D eigenvalue weighted by Crippen LogP contribution is -1.82. The molecule has 2 rings (SSSR count). The maximum absolute atomic E-state index is 13.5. The van der Waals surface area contributed by atoms with Crippen molar-refractivity contribution in [2.45, 2.75) is 0 Å². The molecule has 0 aliphatic rings. The molecule has 0 aliphatic heterocycles. The van der Waals surface area contributed by atoms with Crippen LogP contribution in [-0.4, -0.2) is 0 Å². The zero-order valence-electron chi connectivity index (χ0n) is 8.68. The Balaban J connectivity index is 2.54. The van der Waals surface area contributed by atoms with Gasteiger partial charge in [0.25, 0.3) is 0 Å². The SMILES string of the molecule is FC(F)=C(F)/C(F)=C(\F)c1cc2ccccc2s1. The molecule has 0 saturated carbocycles. The first kappa shape index (κ1) is 12.8. The Labute approximate surface area is 103 Å². The molecule has 0 unspecified atom stereocenters. The average Bonchev–Trinajstić information content (AvgIpc) is 2.79. The lowest BCUT2D eigenvalue weighted by Gasteiger charge is -1.95. The first-order valence-electron chi connectivity index (χ1n) is 4.76. The smallest absolute Gasteiger partial charge is 0.202 e. The second-order valence-electron chi connectivity index (χ2n) is 3.35. The minimum absolute atomic E-state index is 0.231. The van der Waals surface area contributed by atoms with Crippen LogP contribution >= 0.6 is 11.3 Å². The molecule has 1 heterocycles. The Hall–Kier alpha value is -1.69. The summed E-state index contributed by atoms with van der Waals surface area (Å²) in [5, 5.41) is 0.630. The summed E-state index contributed by atoms with van der Waals surface area (Å²) in [6.07, 6.45) is -2.89. The number of thiophene rings is 1. The number of rotatable bonds is 2. The van der Waals surface area contributed by atoms with Crippen molar-refractivity contribution >= 4 is 27.2 Å². The summed E-state index contributed by atoms with van der Waals surface area (Å²) >= 11 is 0.856. The Bertz CT molecular complexity index is 616. The number of hydrogen-bond acceptors (Lipinski definition) is 1. The summed E-state index contributed by atoms with van der Waals surface area (Å²) in [5.74, 6) is -6.27. The lowest BCUT2D eigenvalue weighted by atomic mass is 10.2. The Morgan fingerprint density at radius 2 is 1.56 bits per heavy atom. The molecule has 2 aromatic rings. The quantitative estimate of drug-likeness (QED) is 0.495. The highest BCUT2D eigenvalue weighted by molar-refractivity contribution is 7.20. The van der Waals surface area contributed by atoms with Gasteiger partial charge in [0.15, 0.2) is 5.83 Å². The van der Waals surface area contributed by atoms with E-state index in [1.165, 1.54) is 6.07 Å². The highest BCUT2D eigenvalue weighted by atomic mass is 32.1. The third kappa shape index (κ3) is 2.28.